The first-order chi connectivity index (χ1) is 16.3. The molecule has 2 nitrogen and oxygen atoms in total. The first kappa shape index (κ1) is 28.0. The number of hydrogen-bond donors (Lipinski definition) is 0. The average Bonchev–Trinajstić information content (AvgIpc) is 3.11. The van der Waals surface area contributed by atoms with Gasteiger partial charge in [-0.05, 0) is 104 Å². The second-order valence-corrected chi connectivity index (χ2v) is 15.2. The summed E-state index contributed by atoms with van der Waals surface area (Å²) in [5, 5.41) is 0. The Morgan fingerprint density at radius 3 is 2.34 bits per heavy atom. The number of alkyl halides is 4. The smallest absolute Gasteiger partial charge is 0.455 e. The Bertz CT molecular complexity index is 770. The van der Waals surface area contributed by atoms with Gasteiger partial charge in [0.25, 0.3) is 0 Å². The van der Waals surface area contributed by atoms with Crippen LogP contribution < -0.4 is 0 Å². The van der Waals surface area contributed by atoms with Gasteiger partial charge in [-0.15, -0.1) is 0 Å². The van der Waals surface area contributed by atoms with E-state index >= 15 is 0 Å². The van der Waals surface area contributed by atoms with Crippen molar-refractivity contribution >= 4 is 28.6 Å². The van der Waals surface area contributed by atoms with Crippen LogP contribution in [0, 0.1) is 52.3 Å². The van der Waals surface area contributed by atoms with Gasteiger partial charge in [-0.1, -0.05) is 76.5 Å². The lowest BCUT2D eigenvalue weighted by molar-refractivity contribution is -0.211. The minimum Gasteiger partial charge on any atom is -0.455 e. The van der Waals surface area contributed by atoms with Gasteiger partial charge in [0, 0.05) is 3.92 Å². The van der Waals surface area contributed by atoms with E-state index in [1.54, 1.807) is 0 Å². The number of ether oxygens (including phenoxy) is 1. The van der Waals surface area contributed by atoms with Gasteiger partial charge in [-0.25, -0.2) is 4.79 Å². The Kier molecular flexibility index (Phi) is 8.23. The van der Waals surface area contributed by atoms with Gasteiger partial charge in [0.05, 0.1) is 0 Å². The lowest BCUT2D eigenvalue weighted by atomic mass is 9.44. The highest BCUT2D eigenvalue weighted by molar-refractivity contribution is 14.1. The molecule has 0 saturated heterocycles. The zero-order valence-corrected chi connectivity index (χ0v) is 24.5. The number of fused-ring (bicyclic) bond motifs is 5. The molecule has 0 aromatic rings. The predicted octanol–water partition coefficient (Wildman–Crippen LogP) is 9.00. The fraction of sp³-hybridized carbons (Fsp3) is 0.966. The molecule has 4 fully saturated rings. The van der Waals surface area contributed by atoms with Crippen LogP contribution in [0.3, 0.4) is 0 Å². The molecule has 0 amide bonds. The van der Waals surface area contributed by atoms with Crippen LogP contribution in [-0.2, 0) is 9.53 Å². The lowest BCUT2D eigenvalue weighted by Crippen LogP contribution is -2.56. The molecule has 10 atom stereocenters. The maximum absolute atomic E-state index is 13.0. The van der Waals surface area contributed by atoms with Crippen LogP contribution in [0.4, 0.5) is 13.2 Å². The number of hydrogen-bond acceptors (Lipinski definition) is 2. The number of rotatable bonds is 6. The minimum atomic E-state index is -4.92. The van der Waals surface area contributed by atoms with Crippen molar-refractivity contribution in [2.75, 3.05) is 0 Å². The van der Waals surface area contributed by atoms with Crippen LogP contribution in [0.1, 0.15) is 105 Å². The summed E-state index contributed by atoms with van der Waals surface area (Å²) in [5.74, 6) is 2.83. The van der Waals surface area contributed by atoms with Crippen molar-refractivity contribution in [3.63, 3.8) is 0 Å². The van der Waals surface area contributed by atoms with Crippen molar-refractivity contribution in [2.45, 2.75) is 121 Å². The predicted molar refractivity (Wildman–Crippen MR) is 142 cm³/mol. The van der Waals surface area contributed by atoms with Crippen molar-refractivity contribution in [3.05, 3.63) is 0 Å². The molecule has 0 radical (unpaired) electrons. The standard InChI is InChI=1S/C29H46F3IO2/c1-17(2)7-6-8-18(3)21-11-12-22-20-10-9-19-15-24(33)25(35-26(34)29(30,31)32)16-28(19,5)23(20)13-14-27(21,22)4/h17-25H,6-16H2,1-5H3/t18-,19+,20?,21?,22?,23?,24+,25?,27?,28?/m1/s1. The van der Waals surface area contributed by atoms with Gasteiger partial charge in [0.2, 0.25) is 0 Å². The van der Waals surface area contributed by atoms with Gasteiger partial charge < -0.3 is 4.74 Å². The fourth-order valence-corrected chi connectivity index (χ4v) is 10.6. The van der Waals surface area contributed by atoms with E-state index in [0.717, 1.165) is 30.1 Å². The molecule has 0 spiro atoms. The summed E-state index contributed by atoms with van der Waals surface area (Å²) in [7, 11) is 0. The van der Waals surface area contributed by atoms with E-state index in [1.165, 1.54) is 57.8 Å². The minimum absolute atomic E-state index is 0.0244. The number of carbonyl (C=O) groups excluding carboxylic acids is 1. The van der Waals surface area contributed by atoms with Crippen molar-refractivity contribution in [2.24, 2.45) is 52.3 Å². The molecule has 0 aliphatic heterocycles. The first-order valence-electron chi connectivity index (χ1n) is 14.2. The molecule has 4 aliphatic carbocycles. The van der Waals surface area contributed by atoms with E-state index in [9.17, 15) is 18.0 Å². The molecule has 0 aromatic heterocycles. The van der Waals surface area contributed by atoms with Crippen molar-refractivity contribution in [3.8, 4) is 0 Å². The molecule has 0 aromatic carbocycles. The van der Waals surface area contributed by atoms with E-state index in [4.69, 9.17) is 4.74 Å². The van der Waals surface area contributed by atoms with E-state index in [0.29, 0.717) is 29.6 Å². The summed E-state index contributed by atoms with van der Waals surface area (Å²) in [5.41, 5.74) is 0.383. The highest BCUT2D eigenvalue weighted by atomic mass is 127. The maximum atomic E-state index is 13.0. The molecule has 35 heavy (non-hydrogen) atoms. The lowest BCUT2D eigenvalue weighted by Gasteiger charge is -2.62. The molecule has 0 bridgehead atoms. The van der Waals surface area contributed by atoms with Crippen LogP contribution in [0.5, 0.6) is 0 Å². The van der Waals surface area contributed by atoms with Crippen LogP contribution in [-0.4, -0.2) is 22.2 Å². The Labute approximate surface area is 224 Å². The Hall–Kier alpha value is -0.0100. The van der Waals surface area contributed by atoms with E-state index in [1.807, 2.05) is 0 Å². The second-order valence-electron chi connectivity index (χ2n) is 13.6. The monoisotopic (exact) mass is 610 g/mol. The summed E-state index contributed by atoms with van der Waals surface area (Å²) >= 11 is 2.23. The van der Waals surface area contributed by atoms with Crippen LogP contribution in [0.15, 0.2) is 0 Å². The third-order valence-corrected chi connectivity index (χ3v) is 12.6. The van der Waals surface area contributed by atoms with Crippen LogP contribution in [0.25, 0.3) is 0 Å². The summed E-state index contributed by atoms with van der Waals surface area (Å²) in [6, 6.07) is 0. The summed E-state index contributed by atoms with van der Waals surface area (Å²) in [6.45, 7) is 12.0. The zero-order valence-electron chi connectivity index (χ0n) is 22.3. The number of esters is 1. The van der Waals surface area contributed by atoms with Gasteiger partial charge in [-0.3, -0.25) is 0 Å². The number of carbonyl (C=O) groups is 1. The molecule has 7 unspecified atom stereocenters. The normalized spacial score (nSPS) is 44.3. The second kappa shape index (κ2) is 10.3. The topological polar surface area (TPSA) is 26.3 Å². The van der Waals surface area contributed by atoms with Gasteiger partial charge >= 0.3 is 12.1 Å². The highest BCUT2D eigenvalue weighted by Crippen LogP contribution is 2.68. The summed E-state index contributed by atoms with van der Waals surface area (Å²) < 4.78 is 43.9. The first-order valence-corrected chi connectivity index (χ1v) is 15.4. The molecular weight excluding hydrogens is 564 g/mol. The fourth-order valence-electron chi connectivity index (χ4n) is 9.57. The van der Waals surface area contributed by atoms with Crippen LogP contribution in [0.2, 0.25) is 0 Å². The van der Waals surface area contributed by atoms with Gasteiger partial charge in [0.15, 0.2) is 0 Å². The third-order valence-electron chi connectivity index (χ3n) is 11.3. The Morgan fingerprint density at radius 1 is 1.00 bits per heavy atom. The Morgan fingerprint density at radius 2 is 1.69 bits per heavy atom. The van der Waals surface area contributed by atoms with Crippen molar-refractivity contribution in [1.82, 2.24) is 0 Å². The average molecular weight is 611 g/mol. The van der Waals surface area contributed by atoms with E-state index in [2.05, 4.69) is 57.2 Å². The SMILES string of the molecule is CC(C)CCC[C@@H](C)C1CCC2C3CC[C@H]4C[C@H](I)C(OC(=O)C(F)(F)F)CC4(C)C3CCC21C. The zero-order chi connectivity index (χ0) is 25.8. The molecule has 4 rings (SSSR count). The largest absolute Gasteiger partial charge is 0.490 e. The Balaban J connectivity index is 1.48. The summed E-state index contributed by atoms with van der Waals surface area (Å²) in [4.78, 5) is 11.7. The van der Waals surface area contributed by atoms with E-state index in [-0.39, 0.29) is 9.34 Å². The maximum Gasteiger partial charge on any atom is 0.490 e. The third kappa shape index (κ3) is 5.30. The molecule has 0 heterocycles. The number of halogens is 4. The van der Waals surface area contributed by atoms with E-state index < -0.39 is 18.2 Å². The molecule has 4 aliphatic rings. The van der Waals surface area contributed by atoms with Gasteiger partial charge in [0.1, 0.15) is 6.10 Å². The molecule has 202 valence electrons. The van der Waals surface area contributed by atoms with Gasteiger partial charge in [-0.2, -0.15) is 13.2 Å². The molecule has 4 saturated carbocycles. The molecule has 0 N–H and O–H groups in total. The quantitative estimate of drug-likeness (QED) is 0.171. The van der Waals surface area contributed by atoms with Crippen LogP contribution >= 0.6 is 22.6 Å². The van der Waals surface area contributed by atoms with Crippen molar-refractivity contribution in [1.29, 1.82) is 0 Å². The molecular formula is C29H46F3IO2. The summed E-state index contributed by atoms with van der Waals surface area (Å²) in [6.07, 6.45) is 7.45. The molecule has 6 heteroatoms. The highest BCUT2D eigenvalue weighted by Gasteiger charge is 2.62. The van der Waals surface area contributed by atoms with Crippen molar-refractivity contribution < 1.29 is 22.7 Å².